The molecule has 0 radical (unpaired) electrons. The highest BCUT2D eigenvalue weighted by molar-refractivity contribution is 5.73. The predicted octanol–water partition coefficient (Wildman–Crippen LogP) is 2.65. The lowest BCUT2D eigenvalue weighted by atomic mass is 9.83. The van der Waals surface area contributed by atoms with Crippen LogP contribution in [0.4, 0.5) is 0 Å². The smallest absolute Gasteiger partial charge is 0.320 e. The van der Waals surface area contributed by atoms with Crippen LogP contribution in [0.1, 0.15) is 52.9 Å². The first kappa shape index (κ1) is 13.5. The Bertz CT molecular complexity index is 228. The van der Waals surface area contributed by atoms with Gasteiger partial charge in [-0.05, 0) is 24.7 Å². The van der Waals surface area contributed by atoms with E-state index in [1.54, 1.807) is 0 Å². The van der Waals surface area contributed by atoms with Crippen LogP contribution < -0.4 is 5.32 Å². The third-order valence-electron chi connectivity index (χ3n) is 3.71. The van der Waals surface area contributed by atoms with Gasteiger partial charge < -0.3 is 10.4 Å². The van der Waals surface area contributed by atoms with Crippen LogP contribution >= 0.6 is 0 Å². The molecule has 0 bridgehead atoms. The zero-order valence-corrected chi connectivity index (χ0v) is 10.7. The minimum Gasteiger partial charge on any atom is -0.480 e. The Morgan fingerprint density at radius 2 is 2.12 bits per heavy atom. The molecule has 0 amide bonds. The summed E-state index contributed by atoms with van der Waals surface area (Å²) in [4.78, 5) is 11.1. The van der Waals surface area contributed by atoms with Crippen molar-refractivity contribution in [1.82, 2.24) is 5.32 Å². The molecule has 1 aliphatic rings. The summed E-state index contributed by atoms with van der Waals surface area (Å²) in [6, 6.07) is 0.0165. The summed E-state index contributed by atoms with van der Waals surface area (Å²) in [6.07, 6.45) is 6.05. The number of rotatable bonds is 5. The van der Waals surface area contributed by atoms with E-state index in [-0.39, 0.29) is 12.0 Å². The van der Waals surface area contributed by atoms with E-state index in [4.69, 9.17) is 5.11 Å². The molecule has 0 aromatic rings. The number of hydrogen-bond donors (Lipinski definition) is 2. The topological polar surface area (TPSA) is 49.3 Å². The molecule has 1 rings (SSSR count). The molecule has 0 heterocycles. The van der Waals surface area contributed by atoms with Gasteiger partial charge in [0.2, 0.25) is 0 Å². The summed E-state index contributed by atoms with van der Waals surface area (Å²) in [7, 11) is 0. The maximum atomic E-state index is 11.1. The van der Waals surface area contributed by atoms with Gasteiger partial charge >= 0.3 is 5.97 Å². The molecule has 3 heteroatoms. The Morgan fingerprint density at radius 1 is 1.44 bits per heavy atom. The molecule has 1 aliphatic carbocycles. The number of aliphatic carboxylic acids is 1. The lowest BCUT2D eigenvalue weighted by Crippen LogP contribution is -2.48. The highest BCUT2D eigenvalue weighted by atomic mass is 16.4. The van der Waals surface area contributed by atoms with Crippen LogP contribution in [0.25, 0.3) is 0 Å². The summed E-state index contributed by atoms with van der Waals surface area (Å²) in [5, 5.41) is 12.5. The highest BCUT2D eigenvalue weighted by Gasteiger charge is 2.27. The Kier molecular flexibility index (Phi) is 5.26. The van der Waals surface area contributed by atoms with Crippen LogP contribution in [0.2, 0.25) is 0 Å². The average molecular weight is 227 g/mol. The van der Waals surface area contributed by atoms with E-state index in [0.717, 1.165) is 18.8 Å². The molecule has 1 fully saturated rings. The van der Waals surface area contributed by atoms with Crippen molar-refractivity contribution in [1.29, 1.82) is 0 Å². The quantitative estimate of drug-likeness (QED) is 0.759. The Labute approximate surface area is 98.6 Å². The third-order valence-corrected chi connectivity index (χ3v) is 3.71. The van der Waals surface area contributed by atoms with Gasteiger partial charge in [-0.3, -0.25) is 4.79 Å². The number of nitrogens with one attached hydrogen (secondary N) is 1. The van der Waals surface area contributed by atoms with Gasteiger partial charge in [0, 0.05) is 6.04 Å². The highest BCUT2D eigenvalue weighted by Crippen LogP contribution is 2.27. The standard InChI is InChI=1S/C13H25NO2/c1-4-10-6-5-7-11(8-10)14-12(9(2)3)13(15)16/h9-12,14H,4-8H2,1-3H3,(H,15,16). The van der Waals surface area contributed by atoms with Crippen molar-refractivity contribution in [3.05, 3.63) is 0 Å². The van der Waals surface area contributed by atoms with E-state index >= 15 is 0 Å². The second kappa shape index (κ2) is 6.24. The van der Waals surface area contributed by atoms with Crippen LogP contribution in [0, 0.1) is 11.8 Å². The van der Waals surface area contributed by atoms with Gasteiger partial charge in [0.1, 0.15) is 6.04 Å². The monoisotopic (exact) mass is 227 g/mol. The van der Waals surface area contributed by atoms with Crippen molar-refractivity contribution in [2.24, 2.45) is 11.8 Å². The first-order valence-corrected chi connectivity index (χ1v) is 6.53. The lowest BCUT2D eigenvalue weighted by Gasteiger charge is -2.32. The van der Waals surface area contributed by atoms with Crippen molar-refractivity contribution < 1.29 is 9.90 Å². The lowest BCUT2D eigenvalue weighted by molar-refractivity contribution is -0.141. The SMILES string of the molecule is CCC1CCCC(NC(C(=O)O)C(C)C)C1. The fourth-order valence-electron chi connectivity index (χ4n) is 2.62. The van der Waals surface area contributed by atoms with E-state index in [1.165, 1.54) is 19.3 Å². The van der Waals surface area contributed by atoms with Gasteiger partial charge in [0.15, 0.2) is 0 Å². The fraction of sp³-hybridized carbons (Fsp3) is 0.923. The maximum absolute atomic E-state index is 11.1. The van der Waals surface area contributed by atoms with Crippen LogP contribution in [0.15, 0.2) is 0 Å². The normalized spacial score (nSPS) is 28.0. The largest absolute Gasteiger partial charge is 0.480 e. The van der Waals surface area contributed by atoms with Crippen molar-refractivity contribution in [3.8, 4) is 0 Å². The minimum absolute atomic E-state index is 0.152. The molecule has 2 N–H and O–H groups in total. The second-order valence-corrected chi connectivity index (χ2v) is 5.36. The maximum Gasteiger partial charge on any atom is 0.320 e. The van der Waals surface area contributed by atoms with Gasteiger partial charge in [-0.2, -0.15) is 0 Å². The third kappa shape index (κ3) is 3.78. The Balaban J connectivity index is 2.48. The summed E-state index contributed by atoms with van der Waals surface area (Å²) in [5.41, 5.74) is 0. The molecule has 94 valence electrons. The van der Waals surface area contributed by atoms with E-state index < -0.39 is 5.97 Å². The second-order valence-electron chi connectivity index (χ2n) is 5.36. The molecule has 3 unspecified atom stereocenters. The molecule has 3 atom stereocenters. The Hall–Kier alpha value is -0.570. The molecule has 0 aromatic carbocycles. The molecule has 0 aromatic heterocycles. The first-order valence-electron chi connectivity index (χ1n) is 6.53. The molecule has 0 aliphatic heterocycles. The van der Waals surface area contributed by atoms with Crippen molar-refractivity contribution in [2.75, 3.05) is 0 Å². The zero-order chi connectivity index (χ0) is 12.1. The van der Waals surface area contributed by atoms with E-state index in [2.05, 4.69) is 12.2 Å². The molecular weight excluding hydrogens is 202 g/mol. The van der Waals surface area contributed by atoms with Gasteiger partial charge in [0.05, 0.1) is 0 Å². The van der Waals surface area contributed by atoms with Gasteiger partial charge in [-0.25, -0.2) is 0 Å². The summed E-state index contributed by atoms with van der Waals surface area (Å²) in [5.74, 6) is 0.223. The summed E-state index contributed by atoms with van der Waals surface area (Å²) < 4.78 is 0. The van der Waals surface area contributed by atoms with E-state index in [1.807, 2.05) is 13.8 Å². The van der Waals surface area contributed by atoms with Crippen LogP contribution in [0.3, 0.4) is 0 Å². The number of carbonyl (C=O) groups is 1. The van der Waals surface area contributed by atoms with Crippen LogP contribution in [-0.2, 0) is 4.79 Å². The van der Waals surface area contributed by atoms with Crippen LogP contribution in [-0.4, -0.2) is 23.2 Å². The van der Waals surface area contributed by atoms with Crippen molar-refractivity contribution in [3.63, 3.8) is 0 Å². The average Bonchev–Trinajstić information content (AvgIpc) is 2.25. The van der Waals surface area contributed by atoms with E-state index in [9.17, 15) is 4.79 Å². The van der Waals surface area contributed by atoms with Crippen molar-refractivity contribution >= 4 is 5.97 Å². The number of hydrogen-bond acceptors (Lipinski definition) is 2. The molecule has 0 saturated heterocycles. The Morgan fingerprint density at radius 3 is 2.62 bits per heavy atom. The zero-order valence-electron chi connectivity index (χ0n) is 10.7. The molecular formula is C13H25NO2. The van der Waals surface area contributed by atoms with Gasteiger partial charge in [-0.1, -0.05) is 40.0 Å². The number of carboxylic acid groups (broad SMARTS) is 1. The van der Waals surface area contributed by atoms with Gasteiger partial charge in [-0.15, -0.1) is 0 Å². The predicted molar refractivity (Wildman–Crippen MR) is 65.4 cm³/mol. The molecule has 16 heavy (non-hydrogen) atoms. The summed E-state index contributed by atoms with van der Waals surface area (Å²) in [6.45, 7) is 6.15. The molecule has 1 saturated carbocycles. The molecule has 0 spiro atoms. The van der Waals surface area contributed by atoms with Crippen molar-refractivity contribution in [2.45, 2.75) is 65.0 Å². The summed E-state index contributed by atoms with van der Waals surface area (Å²) >= 11 is 0. The first-order chi connectivity index (χ1) is 7.54. The molecule has 3 nitrogen and oxygen atoms in total. The van der Waals surface area contributed by atoms with E-state index in [0.29, 0.717) is 6.04 Å². The number of carboxylic acids is 1. The van der Waals surface area contributed by atoms with Crippen LogP contribution in [0.5, 0.6) is 0 Å². The fourth-order valence-corrected chi connectivity index (χ4v) is 2.62. The van der Waals surface area contributed by atoms with Gasteiger partial charge in [0.25, 0.3) is 0 Å². The minimum atomic E-state index is -0.714.